The minimum Gasteiger partial charge on any atom is -0.480 e. The van der Waals surface area contributed by atoms with E-state index in [1.54, 1.807) is 6.20 Å². The predicted molar refractivity (Wildman–Crippen MR) is 119 cm³/mol. The number of imidazole rings is 1. The fraction of sp³-hybridized carbons (Fsp3) is 0.682. The summed E-state index contributed by atoms with van der Waals surface area (Å²) in [6, 6.07) is -3.22. The van der Waals surface area contributed by atoms with E-state index >= 15 is 0 Å². The highest BCUT2D eigenvalue weighted by molar-refractivity contribution is 5.94. The fourth-order valence-corrected chi connectivity index (χ4v) is 4.66. The average molecular weight is 463 g/mol. The van der Waals surface area contributed by atoms with Crippen LogP contribution >= 0.6 is 0 Å². The zero-order valence-corrected chi connectivity index (χ0v) is 19.2. The van der Waals surface area contributed by atoms with Crippen molar-refractivity contribution in [1.29, 1.82) is 0 Å². The average Bonchev–Trinajstić information content (AvgIpc) is 3.53. The molecule has 0 aliphatic carbocycles. The van der Waals surface area contributed by atoms with Crippen molar-refractivity contribution in [3.05, 3.63) is 18.2 Å². The van der Waals surface area contributed by atoms with Crippen molar-refractivity contribution in [2.75, 3.05) is 13.1 Å². The van der Waals surface area contributed by atoms with Gasteiger partial charge in [0.15, 0.2) is 0 Å². The Bertz CT molecular complexity index is 857. The number of H-pyrrole nitrogens is 1. The Morgan fingerprint density at radius 3 is 2.45 bits per heavy atom. The van der Waals surface area contributed by atoms with Crippen LogP contribution in [0.2, 0.25) is 0 Å². The van der Waals surface area contributed by atoms with E-state index in [0.29, 0.717) is 50.9 Å². The monoisotopic (exact) mass is 462 g/mol. The highest BCUT2D eigenvalue weighted by Crippen LogP contribution is 2.26. The molecule has 3 heterocycles. The lowest BCUT2D eigenvalue weighted by Gasteiger charge is -2.33. The first-order valence-electron chi connectivity index (χ1n) is 11.6. The van der Waals surface area contributed by atoms with Gasteiger partial charge in [-0.1, -0.05) is 13.8 Å². The van der Waals surface area contributed by atoms with Crippen LogP contribution in [0.25, 0.3) is 0 Å². The molecule has 11 heteroatoms. The molecule has 0 spiro atoms. The van der Waals surface area contributed by atoms with Gasteiger partial charge in [-0.05, 0) is 38.0 Å². The van der Waals surface area contributed by atoms with E-state index in [2.05, 4.69) is 15.3 Å². The molecule has 3 amide bonds. The van der Waals surface area contributed by atoms with Crippen LogP contribution in [0.15, 0.2) is 12.5 Å². The number of nitrogens with two attached hydrogens (primary N) is 1. The highest BCUT2D eigenvalue weighted by Gasteiger charge is 2.43. The number of amides is 3. The Morgan fingerprint density at radius 2 is 1.85 bits per heavy atom. The van der Waals surface area contributed by atoms with Crippen molar-refractivity contribution >= 4 is 23.7 Å². The lowest BCUT2D eigenvalue weighted by Crippen LogP contribution is -2.57. The number of carboxylic acid groups (broad SMARTS) is 1. The summed E-state index contributed by atoms with van der Waals surface area (Å²) in [5.41, 5.74) is 6.76. The first-order valence-corrected chi connectivity index (χ1v) is 11.6. The Balaban J connectivity index is 1.70. The molecule has 11 nitrogen and oxygen atoms in total. The fourth-order valence-electron chi connectivity index (χ4n) is 4.66. The Morgan fingerprint density at radius 1 is 1.18 bits per heavy atom. The molecule has 4 atom stereocenters. The molecular formula is C22H34N6O5. The zero-order chi connectivity index (χ0) is 24.1. The van der Waals surface area contributed by atoms with Crippen LogP contribution in [0, 0.1) is 5.92 Å². The van der Waals surface area contributed by atoms with Crippen LogP contribution in [0.4, 0.5) is 0 Å². The van der Waals surface area contributed by atoms with E-state index in [0.717, 1.165) is 0 Å². The Hall–Kier alpha value is -2.95. The highest BCUT2D eigenvalue weighted by atomic mass is 16.4. The second-order valence-electron chi connectivity index (χ2n) is 9.30. The zero-order valence-electron chi connectivity index (χ0n) is 19.2. The van der Waals surface area contributed by atoms with Gasteiger partial charge in [-0.15, -0.1) is 0 Å². The molecule has 33 heavy (non-hydrogen) atoms. The molecule has 3 rings (SSSR count). The molecule has 4 unspecified atom stereocenters. The number of nitrogens with one attached hydrogen (secondary N) is 2. The van der Waals surface area contributed by atoms with Gasteiger partial charge in [-0.3, -0.25) is 14.4 Å². The second kappa shape index (κ2) is 10.8. The number of likely N-dealkylation sites (tertiary alicyclic amines) is 2. The SMILES string of the molecule is CC(C)CC(NC(=O)C(N)Cc1cnc[nH]1)C(=O)N1CCCC1C(=O)N1CCCC1C(=O)O. The number of carboxylic acids is 1. The maximum atomic E-state index is 13.5. The second-order valence-corrected chi connectivity index (χ2v) is 9.30. The van der Waals surface area contributed by atoms with Crippen LogP contribution in [-0.4, -0.2) is 85.8 Å². The number of aromatic nitrogens is 2. The topological polar surface area (TPSA) is 162 Å². The summed E-state index contributed by atoms with van der Waals surface area (Å²) in [5.74, 6) is -2.00. The minimum atomic E-state index is -1.02. The molecular weight excluding hydrogens is 428 g/mol. The minimum absolute atomic E-state index is 0.120. The number of hydrogen-bond donors (Lipinski definition) is 4. The summed E-state index contributed by atoms with van der Waals surface area (Å²) in [4.78, 5) is 60.6. The standard InChI is InChI=1S/C22H34N6O5/c1-13(2)9-16(26-19(29)15(23)10-14-11-24-12-25-14)20(30)27-7-3-5-17(27)21(31)28-8-4-6-18(28)22(32)33/h11-13,15-18H,3-10,23H2,1-2H3,(H,24,25)(H,26,29)(H,32,33). The maximum Gasteiger partial charge on any atom is 0.326 e. The number of aliphatic carboxylic acids is 1. The van der Waals surface area contributed by atoms with Crippen molar-refractivity contribution in [2.24, 2.45) is 11.7 Å². The number of carbonyl (C=O) groups excluding carboxylic acids is 3. The van der Waals surface area contributed by atoms with Gasteiger partial charge in [-0.25, -0.2) is 9.78 Å². The van der Waals surface area contributed by atoms with Gasteiger partial charge in [0.2, 0.25) is 17.7 Å². The van der Waals surface area contributed by atoms with E-state index in [4.69, 9.17) is 5.73 Å². The third kappa shape index (κ3) is 5.89. The molecule has 2 saturated heterocycles. The number of hydrogen-bond acceptors (Lipinski definition) is 6. The number of carbonyl (C=O) groups is 4. The summed E-state index contributed by atoms with van der Waals surface area (Å²) >= 11 is 0. The van der Waals surface area contributed by atoms with E-state index in [1.807, 2.05) is 13.8 Å². The quantitative estimate of drug-likeness (QED) is 0.397. The van der Waals surface area contributed by atoms with Gasteiger partial charge in [0.25, 0.3) is 0 Å². The van der Waals surface area contributed by atoms with Crippen LogP contribution in [0.5, 0.6) is 0 Å². The largest absolute Gasteiger partial charge is 0.480 e. The van der Waals surface area contributed by atoms with Crippen LogP contribution in [0.1, 0.15) is 51.6 Å². The predicted octanol–water partition coefficient (Wildman–Crippen LogP) is -0.123. The molecule has 1 aromatic heterocycles. The summed E-state index contributed by atoms with van der Waals surface area (Å²) < 4.78 is 0. The first-order chi connectivity index (χ1) is 15.7. The smallest absolute Gasteiger partial charge is 0.326 e. The maximum absolute atomic E-state index is 13.5. The first kappa shape index (κ1) is 24.7. The molecule has 0 saturated carbocycles. The molecule has 2 aliphatic rings. The van der Waals surface area contributed by atoms with E-state index in [9.17, 15) is 24.3 Å². The molecule has 182 valence electrons. The Kier molecular flexibility index (Phi) is 8.06. The lowest BCUT2D eigenvalue weighted by atomic mass is 10.0. The summed E-state index contributed by atoms with van der Waals surface area (Å²) in [5, 5.41) is 12.2. The van der Waals surface area contributed by atoms with Crippen LogP contribution in [0.3, 0.4) is 0 Å². The summed E-state index contributed by atoms with van der Waals surface area (Å²) in [6.07, 6.45) is 5.93. The molecule has 0 radical (unpaired) electrons. The van der Waals surface area contributed by atoms with Gasteiger partial charge in [-0.2, -0.15) is 0 Å². The molecule has 5 N–H and O–H groups in total. The van der Waals surface area contributed by atoms with Gasteiger partial charge in [0.05, 0.1) is 12.4 Å². The number of nitrogens with zero attached hydrogens (tertiary/aromatic N) is 3. The van der Waals surface area contributed by atoms with Crippen molar-refractivity contribution in [3.8, 4) is 0 Å². The van der Waals surface area contributed by atoms with Crippen molar-refractivity contribution in [2.45, 2.75) is 76.5 Å². The summed E-state index contributed by atoms with van der Waals surface area (Å²) in [7, 11) is 0. The normalized spacial score (nSPS) is 22.4. The van der Waals surface area contributed by atoms with Gasteiger partial charge in [0, 0.05) is 31.4 Å². The molecule has 2 aliphatic heterocycles. The van der Waals surface area contributed by atoms with Crippen LogP contribution in [-0.2, 0) is 25.6 Å². The molecule has 0 bridgehead atoms. The van der Waals surface area contributed by atoms with Gasteiger partial charge < -0.3 is 30.9 Å². The molecule has 2 fully saturated rings. The van der Waals surface area contributed by atoms with Crippen molar-refractivity contribution in [1.82, 2.24) is 25.1 Å². The van der Waals surface area contributed by atoms with Gasteiger partial charge in [0.1, 0.15) is 18.1 Å². The molecule has 1 aromatic rings. The van der Waals surface area contributed by atoms with Crippen molar-refractivity contribution in [3.63, 3.8) is 0 Å². The summed E-state index contributed by atoms with van der Waals surface area (Å²) in [6.45, 7) is 4.67. The van der Waals surface area contributed by atoms with Gasteiger partial charge >= 0.3 is 5.97 Å². The number of rotatable bonds is 9. The number of aromatic amines is 1. The third-order valence-electron chi connectivity index (χ3n) is 6.30. The van der Waals surface area contributed by atoms with Crippen LogP contribution < -0.4 is 11.1 Å². The van der Waals surface area contributed by atoms with E-state index in [1.165, 1.54) is 16.1 Å². The third-order valence-corrected chi connectivity index (χ3v) is 6.30. The van der Waals surface area contributed by atoms with E-state index in [-0.39, 0.29) is 24.2 Å². The lowest BCUT2D eigenvalue weighted by molar-refractivity contribution is -0.152. The van der Waals surface area contributed by atoms with E-state index < -0.39 is 36.0 Å². The Labute approximate surface area is 193 Å². The van der Waals surface area contributed by atoms with Crippen molar-refractivity contribution < 1.29 is 24.3 Å². The molecule has 0 aromatic carbocycles.